The molecule has 2 heterocycles. The number of thioether (sulfide) groups is 1. The maximum atomic E-state index is 13.6. The van der Waals surface area contributed by atoms with Crippen LogP contribution < -0.4 is 5.56 Å². The van der Waals surface area contributed by atoms with Crippen molar-refractivity contribution >= 4 is 11.8 Å². The smallest absolute Gasteiger partial charge is 0.254 e. The maximum absolute atomic E-state index is 13.6. The van der Waals surface area contributed by atoms with Crippen molar-refractivity contribution in [2.75, 3.05) is 0 Å². The first-order valence-electron chi connectivity index (χ1n) is 9.91. The number of nitrogens with one attached hydrogen (secondary N) is 2. The number of hydrogen-bond donors (Lipinski definition) is 2. The highest BCUT2D eigenvalue weighted by Gasteiger charge is 2.13. The van der Waals surface area contributed by atoms with Crippen molar-refractivity contribution in [2.45, 2.75) is 30.7 Å². The van der Waals surface area contributed by atoms with Gasteiger partial charge in [0, 0.05) is 35.1 Å². The standard InChI is InChI=1S/C23H19F3N4OS/c1-2-19-21(9-13-7-16(25)10-17(26)8-13)27-23(28-22(19)31)32-12-18-11-20(30-29-18)14-3-5-15(24)6-4-14/h3-8,10-11H,2,9,12H2,1H3,(H,29,30)(H,27,28,31). The van der Waals surface area contributed by atoms with Crippen LogP contribution >= 0.6 is 11.8 Å². The van der Waals surface area contributed by atoms with Gasteiger partial charge in [-0.15, -0.1) is 0 Å². The molecule has 0 unspecified atom stereocenters. The number of hydrogen-bond acceptors (Lipinski definition) is 4. The summed E-state index contributed by atoms with van der Waals surface area (Å²) >= 11 is 1.30. The molecule has 32 heavy (non-hydrogen) atoms. The van der Waals surface area contributed by atoms with Gasteiger partial charge in [-0.2, -0.15) is 5.10 Å². The monoisotopic (exact) mass is 456 g/mol. The Morgan fingerprint density at radius 1 is 0.969 bits per heavy atom. The highest BCUT2D eigenvalue weighted by Crippen LogP contribution is 2.23. The molecule has 2 N–H and O–H groups in total. The van der Waals surface area contributed by atoms with Crippen LogP contribution in [0.15, 0.2) is 58.5 Å². The molecule has 0 spiro atoms. The summed E-state index contributed by atoms with van der Waals surface area (Å²) in [4.78, 5) is 19.8. The molecule has 0 aliphatic carbocycles. The number of H-pyrrole nitrogens is 2. The normalized spacial score (nSPS) is 11.1. The minimum absolute atomic E-state index is 0.147. The topological polar surface area (TPSA) is 74.4 Å². The third-order valence-electron chi connectivity index (χ3n) is 4.86. The fourth-order valence-corrected chi connectivity index (χ4v) is 4.14. The first-order chi connectivity index (χ1) is 15.4. The van der Waals surface area contributed by atoms with Crippen LogP contribution in [0.5, 0.6) is 0 Å². The van der Waals surface area contributed by atoms with Gasteiger partial charge in [-0.3, -0.25) is 9.89 Å². The Balaban J connectivity index is 1.53. The number of rotatable bonds is 7. The minimum Gasteiger partial charge on any atom is -0.301 e. The van der Waals surface area contributed by atoms with E-state index in [4.69, 9.17) is 0 Å². The van der Waals surface area contributed by atoms with E-state index in [1.165, 1.54) is 36.0 Å². The number of halogens is 3. The van der Waals surface area contributed by atoms with E-state index in [1.807, 2.05) is 13.0 Å². The number of benzene rings is 2. The Hall–Kier alpha value is -3.33. The second-order valence-electron chi connectivity index (χ2n) is 7.18. The molecule has 0 radical (unpaired) electrons. The van der Waals surface area contributed by atoms with Gasteiger partial charge >= 0.3 is 0 Å². The highest BCUT2D eigenvalue weighted by atomic mass is 32.2. The highest BCUT2D eigenvalue weighted by molar-refractivity contribution is 7.98. The summed E-state index contributed by atoms with van der Waals surface area (Å²) in [6.45, 7) is 1.83. The molecule has 0 bridgehead atoms. The lowest BCUT2D eigenvalue weighted by Gasteiger charge is -2.09. The summed E-state index contributed by atoms with van der Waals surface area (Å²) in [6, 6.07) is 11.2. The van der Waals surface area contributed by atoms with Crippen molar-refractivity contribution in [2.24, 2.45) is 0 Å². The third-order valence-corrected chi connectivity index (χ3v) is 5.78. The second-order valence-corrected chi connectivity index (χ2v) is 8.14. The van der Waals surface area contributed by atoms with Crippen molar-refractivity contribution < 1.29 is 13.2 Å². The lowest BCUT2D eigenvalue weighted by Crippen LogP contribution is -2.18. The van der Waals surface area contributed by atoms with Crippen LogP contribution in [0.1, 0.15) is 29.4 Å². The number of aromatic nitrogens is 4. The van der Waals surface area contributed by atoms with Crippen molar-refractivity contribution in [3.63, 3.8) is 0 Å². The van der Waals surface area contributed by atoms with Crippen molar-refractivity contribution in [1.29, 1.82) is 0 Å². The zero-order chi connectivity index (χ0) is 22.7. The molecule has 4 rings (SSSR count). The summed E-state index contributed by atoms with van der Waals surface area (Å²) in [5.41, 5.74) is 3.36. The molecule has 0 aliphatic heterocycles. The molecule has 0 aliphatic rings. The van der Waals surface area contributed by atoms with Crippen LogP contribution in [-0.2, 0) is 18.6 Å². The summed E-state index contributed by atoms with van der Waals surface area (Å²) in [7, 11) is 0. The van der Waals surface area contributed by atoms with E-state index in [9.17, 15) is 18.0 Å². The van der Waals surface area contributed by atoms with Gasteiger partial charge in [0.2, 0.25) is 0 Å². The van der Waals surface area contributed by atoms with Gasteiger partial charge in [-0.05, 0) is 54.4 Å². The molecule has 0 amide bonds. The molecule has 4 aromatic rings. The van der Waals surface area contributed by atoms with Crippen molar-refractivity contribution in [3.8, 4) is 11.3 Å². The van der Waals surface area contributed by atoms with Crippen LogP contribution in [-0.4, -0.2) is 20.2 Å². The Morgan fingerprint density at radius 3 is 2.38 bits per heavy atom. The molecule has 9 heteroatoms. The third kappa shape index (κ3) is 5.11. The summed E-state index contributed by atoms with van der Waals surface area (Å²) in [5, 5.41) is 7.56. The van der Waals surface area contributed by atoms with Gasteiger partial charge in [0.05, 0.1) is 11.4 Å². The molecule has 5 nitrogen and oxygen atoms in total. The fraction of sp³-hybridized carbons (Fsp3) is 0.174. The predicted molar refractivity (Wildman–Crippen MR) is 117 cm³/mol. The van der Waals surface area contributed by atoms with Crippen molar-refractivity contribution in [1.82, 2.24) is 20.2 Å². The molecular weight excluding hydrogens is 437 g/mol. The number of nitrogens with zero attached hydrogens (tertiary/aromatic N) is 2. The average molecular weight is 456 g/mol. The molecule has 0 atom stereocenters. The Morgan fingerprint density at radius 2 is 1.69 bits per heavy atom. The predicted octanol–water partition coefficient (Wildman–Crippen LogP) is 5.02. The lowest BCUT2D eigenvalue weighted by atomic mass is 10.0. The minimum atomic E-state index is -0.673. The molecule has 2 aromatic carbocycles. The Labute approximate surface area is 186 Å². The molecule has 0 saturated heterocycles. The van der Waals surface area contributed by atoms with E-state index in [0.29, 0.717) is 39.8 Å². The first-order valence-corrected chi connectivity index (χ1v) is 10.9. The molecule has 0 saturated carbocycles. The van der Waals surface area contributed by atoms with Gasteiger partial charge in [0.1, 0.15) is 17.5 Å². The van der Waals surface area contributed by atoms with Gasteiger partial charge in [0.15, 0.2) is 5.16 Å². The molecule has 0 fully saturated rings. The van der Waals surface area contributed by atoms with Gasteiger partial charge in [0.25, 0.3) is 5.56 Å². The lowest BCUT2D eigenvalue weighted by molar-refractivity contribution is 0.580. The van der Waals surface area contributed by atoms with Gasteiger partial charge in [-0.25, -0.2) is 18.2 Å². The fourth-order valence-electron chi connectivity index (χ4n) is 3.36. The maximum Gasteiger partial charge on any atom is 0.254 e. The van der Waals surface area contributed by atoms with Crippen LogP contribution in [0.25, 0.3) is 11.3 Å². The quantitative estimate of drug-likeness (QED) is 0.302. The zero-order valence-electron chi connectivity index (χ0n) is 17.1. The summed E-state index contributed by atoms with van der Waals surface area (Å²) in [5.74, 6) is -1.21. The van der Waals surface area contributed by atoms with E-state index in [1.54, 1.807) is 12.1 Å². The van der Waals surface area contributed by atoms with E-state index < -0.39 is 11.6 Å². The Kier molecular flexibility index (Phi) is 6.45. The summed E-state index contributed by atoms with van der Waals surface area (Å²) < 4.78 is 40.2. The molecular formula is C23H19F3N4OS. The van der Waals surface area contributed by atoms with E-state index >= 15 is 0 Å². The molecule has 164 valence electrons. The largest absolute Gasteiger partial charge is 0.301 e. The van der Waals surface area contributed by atoms with Crippen LogP contribution in [0.4, 0.5) is 13.2 Å². The number of aromatic amines is 2. The van der Waals surface area contributed by atoms with Crippen LogP contribution in [0.2, 0.25) is 0 Å². The average Bonchev–Trinajstić information content (AvgIpc) is 3.21. The SMILES string of the molecule is CCc1c(Cc2cc(F)cc(F)c2)nc(SCc2cc(-c3ccc(F)cc3)n[nH]2)[nH]c1=O. The zero-order valence-corrected chi connectivity index (χ0v) is 17.9. The second kappa shape index (κ2) is 9.44. The van der Waals surface area contributed by atoms with Gasteiger partial charge in [-0.1, -0.05) is 18.7 Å². The van der Waals surface area contributed by atoms with E-state index in [0.717, 1.165) is 17.3 Å². The summed E-state index contributed by atoms with van der Waals surface area (Å²) in [6.07, 6.45) is 0.593. The van der Waals surface area contributed by atoms with Crippen LogP contribution in [0.3, 0.4) is 0 Å². The van der Waals surface area contributed by atoms with Crippen molar-refractivity contribution in [3.05, 3.63) is 98.9 Å². The molecule has 2 aromatic heterocycles. The Bertz CT molecular complexity index is 1280. The van der Waals surface area contributed by atoms with Gasteiger partial charge < -0.3 is 4.98 Å². The first kappa shape index (κ1) is 21.9. The van der Waals surface area contributed by atoms with E-state index in [-0.39, 0.29) is 17.8 Å². The van der Waals surface area contributed by atoms with E-state index in [2.05, 4.69) is 20.2 Å². The van der Waals surface area contributed by atoms with Crippen LogP contribution in [0, 0.1) is 17.5 Å².